The number of likely N-dealkylation sites (tertiary alicyclic amines) is 1. The van der Waals surface area contributed by atoms with Crippen LogP contribution in [0.5, 0.6) is 0 Å². The highest BCUT2D eigenvalue weighted by Crippen LogP contribution is 2.35. The first-order chi connectivity index (χ1) is 19.7. The number of nitrogens with zero attached hydrogens (tertiary/aromatic N) is 7. The van der Waals surface area contributed by atoms with Gasteiger partial charge in [-0.15, -0.1) is 0 Å². The summed E-state index contributed by atoms with van der Waals surface area (Å²) in [4.78, 5) is 18.6. The van der Waals surface area contributed by atoms with Crippen molar-refractivity contribution in [2.75, 3.05) is 13.1 Å². The predicted molar refractivity (Wildman–Crippen MR) is 157 cm³/mol. The molecule has 3 aliphatic heterocycles. The molecular formula is C31H31N9. The highest BCUT2D eigenvalue weighted by atomic mass is 15.5. The average molecular weight is 530 g/mol. The number of nitrogens with one attached hydrogen (secondary N) is 2. The van der Waals surface area contributed by atoms with Crippen molar-refractivity contribution in [2.24, 2.45) is 10.1 Å². The number of rotatable bonds is 6. The fraction of sp³-hybridized carbons (Fsp3) is 0.258. The van der Waals surface area contributed by atoms with Crippen LogP contribution in [0.4, 0.5) is 0 Å². The quantitative estimate of drug-likeness (QED) is 0.375. The lowest BCUT2D eigenvalue weighted by molar-refractivity contribution is 0.202. The van der Waals surface area contributed by atoms with Gasteiger partial charge in [0, 0.05) is 29.8 Å². The van der Waals surface area contributed by atoms with Crippen molar-refractivity contribution in [1.29, 1.82) is 0 Å². The summed E-state index contributed by atoms with van der Waals surface area (Å²) in [6.07, 6.45) is 5.72. The number of pyridine rings is 1. The van der Waals surface area contributed by atoms with Crippen molar-refractivity contribution < 1.29 is 0 Å². The van der Waals surface area contributed by atoms with Crippen LogP contribution in [-0.2, 0) is 6.54 Å². The minimum Gasteiger partial charge on any atom is -0.299 e. The van der Waals surface area contributed by atoms with Crippen LogP contribution in [0.3, 0.4) is 0 Å². The van der Waals surface area contributed by atoms with E-state index in [1.54, 1.807) is 6.20 Å². The van der Waals surface area contributed by atoms with Gasteiger partial charge < -0.3 is 0 Å². The molecule has 0 aliphatic carbocycles. The second kappa shape index (κ2) is 10.5. The lowest BCUT2D eigenvalue weighted by Crippen LogP contribution is -2.41. The van der Waals surface area contributed by atoms with E-state index >= 15 is 0 Å². The standard InChI is InChI=1S/C31H31N9/c1-21-35-38-31-27(23-7-3-2-4-8-23)28(33-20-40(21)31)24-12-10-22(11-13-24)19-39-17-14-25(15-18-39)29-34-30(37-36-29)26-9-5-6-16-32-26/h2-13,16,20,25,31,38H,14-15,17-19H2,1H3,(H,34,36,37). The Morgan fingerprint density at radius 3 is 2.48 bits per heavy atom. The van der Waals surface area contributed by atoms with Crippen LogP contribution in [0.15, 0.2) is 89.1 Å². The molecule has 3 aliphatic rings. The monoisotopic (exact) mass is 529 g/mol. The average Bonchev–Trinajstić information content (AvgIpc) is 3.66. The zero-order valence-corrected chi connectivity index (χ0v) is 22.4. The molecule has 5 heterocycles. The molecule has 2 aromatic carbocycles. The van der Waals surface area contributed by atoms with Gasteiger partial charge in [-0.2, -0.15) is 10.2 Å². The number of benzene rings is 2. The number of hydrogen-bond donors (Lipinski definition) is 2. The van der Waals surface area contributed by atoms with Crippen LogP contribution in [0.1, 0.15) is 48.2 Å². The third kappa shape index (κ3) is 4.69. The van der Waals surface area contributed by atoms with E-state index in [0.717, 1.165) is 72.2 Å². The first-order valence-corrected chi connectivity index (χ1v) is 13.8. The van der Waals surface area contributed by atoms with E-state index in [1.165, 1.54) is 5.56 Å². The van der Waals surface area contributed by atoms with Gasteiger partial charge in [-0.05, 0) is 56.1 Å². The van der Waals surface area contributed by atoms with Crippen LogP contribution in [0, 0.1) is 0 Å². The van der Waals surface area contributed by atoms with Crippen molar-refractivity contribution in [3.63, 3.8) is 0 Å². The Balaban J connectivity index is 1.03. The van der Waals surface area contributed by atoms with Gasteiger partial charge in [0.05, 0.1) is 12.0 Å². The van der Waals surface area contributed by atoms with E-state index in [0.29, 0.717) is 11.7 Å². The van der Waals surface area contributed by atoms with Crippen molar-refractivity contribution in [3.05, 3.63) is 102 Å². The van der Waals surface area contributed by atoms with E-state index in [2.05, 4.69) is 84.0 Å². The fourth-order valence-electron chi connectivity index (χ4n) is 5.73. The Bertz CT molecular complexity index is 1560. The number of fused-ring (bicyclic) bond motifs is 1. The van der Waals surface area contributed by atoms with Gasteiger partial charge in [0.15, 0.2) is 12.0 Å². The summed E-state index contributed by atoms with van der Waals surface area (Å²) in [7, 11) is 0. The first kappa shape index (κ1) is 24.4. The van der Waals surface area contributed by atoms with E-state index in [1.807, 2.05) is 37.5 Å². The van der Waals surface area contributed by atoms with Crippen LogP contribution >= 0.6 is 0 Å². The molecule has 200 valence electrons. The summed E-state index contributed by atoms with van der Waals surface area (Å²) in [6.45, 7) is 4.99. The number of piperidine rings is 1. The molecule has 0 bridgehead atoms. The number of aromatic amines is 1. The maximum absolute atomic E-state index is 4.89. The van der Waals surface area contributed by atoms with Gasteiger partial charge in [0.1, 0.15) is 17.4 Å². The predicted octanol–water partition coefficient (Wildman–Crippen LogP) is 4.72. The highest BCUT2D eigenvalue weighted by Gasteiger charge is 2.33. The largest absolute Gasteiger partial charge is 0.299 e. The molecule has 1 saturated heterocycles. The normalized spacial score (nSPS) is 19.5. The molecule has 1 atom stereocenters. The summed E-state index contributed by atoms with van der Waals surface area (Å²) in [6, 6.07) is 25.1. The summed E-state index contributed by atoms with van der Waals surface area (Å²) in [5.41, 5.74) is 9.77. The zero-order valence-electron chi connectivity index (χ0n) is 22.4. The van der Waals surface area contributed by atoms with E-state index in [4.69, 9.17) is 9.98 Å². The number of aromatic nitrogens is 4. The molecular weight excluding hydrogens is 498 g/mol. The third-order valence-electron chi connectivity index (χ3n) is 7.93. The number of hydrazone groups is 1. The van der Waals surface area contributed by atoms with Crippen LogP contribution < -0.4 is 5.43 Å². The van der Waals surface area contributed by atoms with Crippen LogP contribution in [-0.4, -0.2) is 61.4 Å². The molecule has 9 heteroatoms. The smallest absolute Gasteiger partial charge is 0.199 e. The minimum absolute atomic E-state index is 0.0553. The van der Waals surface area contributed by atoms with Crippen molar-refractivity contribution in [1.82, 2.24) is 35.4 Å². The molecule has 40 heavy (non-hydrogen) atoms. The van der Waals surface area contributed by atoms with Crippen molar-refractivity contribution in [2.45, 2.75) is 38.4 Å². The van der Waals surface area contributed by atoms with E-state index in [9.17, 15) is 0 Å². The molecule has 0 saturated carbocycles. The summed E-state index contributed by atoms with van der Waals surface area (Å²) in [5, 5.41) is 12.0. The topological polar surface area (TPSA) is 97.7 Å². The summed E-state index contributed by atoms with van der Waals surface area (Å²) in [5.74, 6) is 2.95. The molecule has 1 unspecified atom stereocenters. The zero-order chi connectivity index (χ0) is 26.9. The second-order valence-electron chi connectivity index (χ2n) is 10.5. The molecule has 0 spiro atoms. The SMILES string of the molecule is CC1=NNC2C(c3ccccc3)=C(c3ccc(CN4CCC(c5nc(-c6ccccn6)n[nH]5)CC4)cc3)N=CN12. The summed E-state index contributed by atoms with van der Waals surface area (Å²) >= 11 is 0. The van der Waals surface area contributed by atoms with Gasteiger partial charge in [0.2, 0.25) is 0 Å². The van der Waals surface area contributed by atoms with Gasteiger partial charge in [0.25, 0.3) is 0 Å². The van der Waals surface area contributed by atoms with Crippen LogP contribution in [0.25, 0.3) is 22.8 Å². The Morgan fingerprint density at radius 1 is 0.900 bits per heavy atom. The lowest BCUT2D eigenvalue weighted by Gasteiger charge is -2.31. The first-order valence-electron chi connectivity index (χ1n) is 13.8. The molecule has 0 radical (unpaired) electrons. The van der Waals surface area contributed by atoms with Gasteiger partial charge >= 0.3 is 0 Å². The Kier molecular flexibility index (Phi) is 6.41. The molecule has 9 nitrogen and oxygen atoms in total. The molecule has 7 rings (SSSR count). The Labute approximate surface area is 233 Å². The highest BCUT2D eigenvalue weighted by molar-refractivity contribution is 6.04. The maximum Gasteiger partial charge on any atom is 0.199 e. The fourth-order valence-corrected chi connectivity index (χ4v) is 5.73. The molecule has 2 N–H and O–H groups in total. The number of amidine groups is 1. The number of H-pyrrole nitrogens is 1. The lowest BCUT2D eigenvalue weighted by atomic mass is 9.94. The van der Waals surface area contributed by atoms with Gasteiger partial charge in [-0.25, -0.2) is 9.98 Å². The third-order valence-corrected chi connectivity index (χ3v) is 7.93. The molecule has 4 aromatic rings. The van der Waals surface area contributed by atoms with Crippen molar-refractivity contribution >= 4 is 23.4 Å². The van der Waals surface area contributed by atoms with Gasteiger partial charge in [-0.1, -0.05) is 60.7 Å². The second-order valence-corrected chi connectivity index (χ2v) is 10.5. The Morgan fingerprint density at radius 2 is 1.70 bits per heavy atom. The number of aliphatic imine (C=N–C) groups is 1. The van der Waals surface area contributed by atoms with E-state index < -0.39 is 0 Å². The summed E-state index contributed by atoms with van der Waals surface area (Å²) < 4.78 is 0. The molecule has 0 amide bonds. The Hall–Kier alpha value is -4.63. The van der Waals surface area contributed by atoms with Crippen LogP contribution in [0.2, 0.25) is 0 Å². The van der Waals surface area contributed by atoms with E-state index in [-0.39, 0.29) is 6.17 Å². The maximum atomic E-state index is 4.89. The molecule has 2 aromatic heterocycles. The van der Waals surface area contributed by atoms with Gasteiger partial charge in [-0.3, -0.25) is 25.3 Å². The molecule has 1 fully saturated rings. The van der Waals surface area contributed by atoms with Crippen molar-refractivity contribution in [3.8, 4) is 11.5 Å². The minimum atomic E-state index is -0.0553. The number of hydrogen-bond acceptors (Lipinski definition) is 8.